The Balaban J connectivity index is 1.84. The minimum absolute atomic E-state index is 0.280. The van der Waals surface area contributed by atoms with Gasteiger partial charge >= 0.3 is 0 Å². The van der Waals surface area contributed by atoms with E-state index in [0.717, 1.165) is 23.6 Å². The number of amides is 1. The predicted molar refractivity (Wildman–Crippen MR) is 71.1 cm³/mol. The zero-order valence-corrected chi connectivity index (χ0v) is 11.2. The van der Waals surface area contributed by atoms with Gasteiger partial charge < -0.3 is 11.1 Å². The van der Waals surface area contributed by atoms with E-state index in [1.807, 2.05) is 13.0 Å². The van der Waals surface area contributed by atoms with E-state index in [1.165, 1.54) is 6.33 Å². The number of nitrogens with zero attached hydrogens (tertiary/aromatic N) is 2. The highest BCUT2D eigenvalue weighted by Gasteiger charge is 2.36. The SMILES string of the molecule is CC(CCSc1ccncn1)(NC1CC1)C(N)=O. The Hall–Kier alpha value is -1.14. The Morgan fingerprint density at radius 1 is 1.67 bits per heavy atom. The summed E-state index contributed by atoms with van der Waals surface area (Å²) < 4.78 is 0. The van der Waals surface area contributed by atoms with Crippen molar-refractivity contribution in [3.8, 4) is 0 Å². The van der Waals surface area contributed by atoms with Crippen molar-refractivity contribution in [3.05, 3.63) is 18.6 Å². The summed E-state index contributed by atoms with van der Waals surface area (Å²) in [6.07, 6.45) is 6.22. The third-order valence-corrected chi connectivity index (χ3v) is 4.00. The normalized spacial score (nSPS) is 18.3. The first-order valence-electron chi connectivity index (χ1n) is 6.06. The van der Waals surface area contributed by atoms with Crippen LogP contribution < -0.4 is 11.1 Å². The second-order valence-electron chi connectivity index (χ2n) is 4.76. The van der Waals surface area contributed by atoms with Gasteiger partial charge in [0.05, 0.1) is 10.6 Å². The first kappa shape index (κ1) is 13.3. The van der Waals surface area contributed by atoms with Crippen LogP contribution in [0.3, 0.4) is 0 Å². The Bertz CT molecular complexity index is 410. The van der Waals surface area contributed by atoms with E-state index in [4.69, 9.17) is 5.73 Å². The van der Waals surface area contributed by atoms with Gasteiger partial charge in [-0.3, -0.25) is 4.79 Å². The third-order valence-electron chi connectivity index (χ3n) is 3.05. The van der Waals surface area contributed by atoms with E-state index in [1.54, 1.807) is 18.0 Å². The zero-order valence-electron chi connectivity index (χ0n) is 10.4. The number of carbonyl (C=O) groups is 1. The molecule has 3 N–H and O–H groups in total. The maximum atomic E-state index is 11.6. The highest BCUT2D eigenvalue weighted by atomic mass is 32.2. The number of primary amides is 1. The van der Waals surface area contributed by atoms with Gasteiger partial charge in [-0.25, -0.2) is 9.97 Å². The van der Waals surface area contributed by atoms with Crippen LogP contribution in [0.5, 0.6) is 0 Å². The number of thioether (sulfide) groups is 1. The van der Waals surface area contributed by atoms with E-state index in [0.29, 0.717) is 12.5 Å². The second kappa shape index (κ2) is 5.67. The standard InChI is InChI=1S/C12H18N4OS/c1-12(11(13)17,16-9-2-3-9)5-7-18-10-4-6-14-8-15-10/h4,6,8-9,16H,2-3,5,7H2,1H3,(H2,13,17). The highest BCUT2D eigenvalue weighted by molar-refractivity contribution is 7.99. The quantitative estimate of drug-likeness (QED) is 0.567. The average Bonchev–Trinajstić information content (AvgIpc) is 3.14. The summed E-state index contributed by atoms with van der Waals surface area (Å²) in [4.78, 5) is 19.6. The van der Waals surface area contributed by atoms with E-state index in [-0.39, 0.29) is 5.91 Å². The number of hydrogen-bond donors (Lipinski definition) is 2. The van der Waals surface area contributed by atoms with Gasteiger partial charge in [-0.15, -0.1) is 11.8 Å². The van der Waals surface area contributed by atoms with Gasteiger partial charge in [0.25, 0.3) is 0 Å². The largest absolute Gasteiger partial charge is 0.368 e. The van der Waals surface area contributed by atoms with Crippen molar-refractivity contribution in [2.24, 2.45) is 5.73 Å². The molecule has 6 heteroatoms. The van der Waals surface area contributed by atoms with Gasteiger partial charge in [0.2, 0.25) is 5.91 Å². The molecule has 1 aromatic rings. The second-order valence-corrected chi connectivity index (χ2v) is 5.88. The number of rotatable bonds is 7. The molecule has 98 valence electrons. The fraction of sp³-hybridized carbons (Fsp3) is 0.583. The Labute approximate surface area is 111 Å². The minimum Gasteiger partial charge on any atom is -0.368 e. The summed E-state index contributed by atoms with van der Waals surface area (Å²) in [6, 6.07) is 2.33. The zero-order chi connectivity index (χ0) is 13.0. The van der Waals surface area contributed by atoms with Gasteiger partial charge in [0.1, 0.15) is 6.33 Å². The third kappa shape index (κ3) is 3.68. The van der Waals surface area contributed by atoms with E-state index in [9.17, 15) is 4.79 Å². The summed E-state index contributed by atoms with van der Waals surface area (Å²) in [5.41, 5.74) is 4.88. The van der Waals surface area contributed by atoms with Crippen LogP contribution >= 0.6 is 11.8 Å². The van der Waals surface area contributed by atoms with Crippen molar-refractivity contribution in [2.45, 2.75) is 42.8 Å². The molecular formula is C12H18N4OS. The lowest BCUT2D eigenvalue weighted by Gasteiger charge is -2.27. The number of carbonyl (C=O) groups excluding carboxylic acids is 1. The fourth-order valence-corrected chi connectivity index (χ4v) is 2.67. The molecule has 0 aliphatic heterocycles. The van der Waals surface area contributed by atoms with Gasteiger partial charge in [0, 0.05) is 18.0 Å². The van der Waals surface area contributed by atoms with Crippen LogP contribution in [0.15, 0.2) is 23.6 Å². The van der Waals surface area contributed by atoms with Gasteiger partial charge in [-0.05, 0) is 32.3 Å². The maximum Gasteiger partial charge on any atom is 0.237 e. The molecule has 1 fully saturated rings. The highest BCUT2D eigenvalue weighted by Crippen LogP contribution is 2.26. The molecule has 1 atom stereocenters. The van der Waals surface area contributed by atoms with Crippen molar-refractivity contribution in [1.82, 2.24) is 15.3 Å². The van der Waals surface area contributed by atoms with Crippen LogP contribution in [-0.4, -0.2) is 33.2 Å². The van der Waals surface area contributed by atoms with Crippen LogP contribution in [-0.2, 0) is 4.79 Å². The Kier molecular flexibility index (Phi) is 4.19. The summed E-state index contributed by atoms with van der Waals surface area (Å²) in [5, 5.41) is 4.25. The maximum absolute atomic E-state index is 11.6. The van der Waals surface area contributed by atoms with Crippen LogP contribution in [0.4, 0.5) is 0 Å². The van der Waals surface area contributed by atoms with Crippen LogP contribution in [0.25, 0.3) is 0 Å². The molecule has 1 aliphatic rings. The number of nitrogens with two attached hydrogens (primary N) is 1. The van der Waals surface area contributed by atoms with Crippen molar-refractivity contribution in [1.29, 1.82) is 0 Å². The van der Waals surface area contributed by atoms with Crippen molar-refractivity contribution in [2.75, 3.05) is 5.75 Å². The first-order valence-corrected chi connectivity index (χ1v) is 7.05. The molecule has 0 aromatic carbocycles. The lowest BCUT2D eigenvalue weighted by atomic mass is 9.98. The van der Waals surface area contributed by atoms with Crippen LogP contribution in [0.1, 0.15) is 26.2 Å². The smallest absolute Gasteiger partial charge is 0.237 e. The number of nitrogens with one attached hydrogen (secondary N) is 1. The topological polar surface area (TPSA) is 80.9 Å². The van der Waals surface area contributed by atoms with E-state index in [2.05, 4.69) is 15.3 Å². The van der Waals surface area contributed by atoms with Gasteiger partial charge in [0.15, 0.2) is 0 Å². The van der Waals surface area contributed by atoms with Gasteiger partial charge in [-0.2, -0.15) is 0 Å². The molecule has 1 aliphatic carbocycles. The molecule has 1 heterocycles. The van der Waals surface area contributed by atoms with Gasteiger partial charge in [-0.1, -0.05) is 0 Å². The van der Waals surface area contributed by atoms with E-state index < -0.39 is 5.54 Å². The van der Waals surface area contributed by atoms with Crippen LogP contribution in [0.2, 0.25) is 0 Å². The summed E-state index contributed by atoms with van der Waals surface area (Å²) in [5.74, 6) is 0.522. The number of aromatic nitrogens is 2. The minimum atomic E-state index is -0.610. The van der Waals surface area contributed by atoms with Crippen molar-refractivity contribution >= 4 is 17.7 Å². The van der Waals surface area contributed by atoms with Crippen LogP contribution in [0, 0.1) is 0 Å². The lowest BCUT2D eigenvalue weighted by Crippen LogP contribution is -2.54. The summed E-state index contributed by atoms with van der Waals surface area (Å²) >= 11 is 1.61. The monoisotopic (exact) mass is 266 g/mol. The van der Waals surface area contributed by atoms with Crippen molar-refractivity contribution in [3.63, 3.8) is 0 Å². The molecule has 1 unspecified atom stereocenters. The molecule has 2 rings (SSSR count). The molecule has 18 heavy (non-hydrogen) atoms. The molecule has 0 spiro atoms. The number of hydrogen-bond acceptors (Lipinski definition) is 5. The summed E-state index contributed by atoms with van der Waals surface area (Å²) in [7, 11) is 0. The molecule has 1 amide bonds. The molecule has 1 saturated carbocycles. The summed E-state index contributed by atoms with van der Waals surface area (Å²) in [6.45, 7) is 1.88. The molecule has 0 saturated heterocycles. The molecule has 0 radical (unpaired) electrons. The molecular weight excluding hydrogens is 248 g/mol. The fourth-order valence-electron chi connectivity index (χ4n) is 1.67. The lowest BCUT2D eigenvalue weighted by molar-refractivity contribution is -0.124. The average molecular weight is 266 g/mol. The Morgan fingerprint density at radius 3 is 3.00 bits per heavy atom. The predicted octanol–water partition coefficient (Wildman–Crippen LogP) is 0.955. The Morgan fingerprint density at radius 2 is 2.44 bits per heavy atom. The molecule has 5 nitrogen and oxygen atoms in total. The molecule has 1 aromatic heterocycles. The van der Waals surface area contributed by atoms with E-state index >= 15 is 0 Å². The molecule has 0 bridgehead atoms. The first-order chi connectivity index (χ1) is 8.60. The van der Waals surface area contributed by atoms with Crippen molar-refractivity contribution < 1.29 is 4.79 Å².